The van der Waals surface area contributed by atoms with Gasteiger partial charge in [0.15, 0.2) is 5.82 Å². The van der Waals surface area contributed by atoms with Crippen LogP contribution in [0.15, 0.2) is 28.8 Å². The lowest BCUT2D eigenvalue weighted by atomic mass is 9.98. The van der Waals surface area contributed by atoms with Crippen molar-refractivity contribution < 1.29 is 14.1 Å². The van der Waals surface area contributed by atoms with E-state index in [1.54, 1.807) is 14.0 Å². The van der Waals surface area contributed by atoms with Crippen LogP contribution in [0, 0.1) is 6.92 Å². The second-order valence-electron chi connectivity index (χ2n) is 6.38. The zero-order valence-corrected chi connectivity index (χ0v) is 14.9. The standard InChI is InChI=1S/C18H24N4O3/c1-12(15-8-4-5-9-16(15)24-3)19-18(23)22-10-6-7-14(11-22)17-20-13(2)21-25-17/h4-5,8-9,12,14H,6-7,10-11H2,1-3H3,(H,19,23)/t12-,14+/m1/s1. The van der Waals surface area contributed by atoms with E-state index in [-0.39, 0.29) is 18.0 Å². The summed E-state index contributed by atoms with van der Waals surface area (Å²) in [5, 5.41) is 6.91. The number of rotatable bonds is 4. The van der Waals surface area contributed by atoms with Gasteiger partial charge in [-0.25, -0.2) is 4.79 Å². The first kappa shape index (κ1) is 17.3. The SMILES string of the molecule is COc1ccccc1[C@@H](C)NC(=O)N1CCC[C@H](c2nc(C)no2)C1. The summed E-state index contributed by atoms with van der Waals surface area (Å²) in [6.45, 7) is 5.08. The zero-order valence-electron chi connectivity index (χ0n) is 14.9. The normalized spacial score (nSPS) is 18.7. The molecule has 2 atom stereocenters. The van der Waals surface area contributed by atoms with Gasteiger partial charge in [0.1, 0.15) is 5.75 Å². The fourth-order valence-corrected chi connectivity index (χ4v) is 3.22. The molecule has 7 nitrogen and oxygen atoms in total. The van der Waals surface area contributed by atoms with E-state index in [0.29, 0.717) is 18.3 Å². The number of benzene rings is 1. The Hall–Kier alpha value is -2.57. The predicted molar refractivity (Wildman–Crippen MR) is 92.5 cm³/mol. The van der Waals surface area contributed by atoms with Crippen LogP contribution in [0.25, 0.3) is 0 Å². The number of methoxy groups -OCH3 is 1. The molecular weight excluding hydrogens is 320 g/mol. The maximum atomic E-state index is 12.7. The number of nitrogens with zero attached hydrogens (tertiary/aromatic N) is 3. The van der Waals surface area contributed by atoms with Crippen LogP contribution in [0.2, 0.25) is 0 Å². The number of hydrogen-bond acceptors (Lipinski definition) is 5. The van der Waals surface area contributed by atoms with Crippen molar-refractivity contribution in [2.24, 2.45) is 0 Å². The molecule has 1 saturated heterocycles. The third-order valence-electron chi connectivity index (χ3n) is 4.55. The minimum Gasteiger partial charge on any atom is -0.496 e. The third-order valence-corrected chi connectivity index (χ3v) is 4.55. The molecule has 1 aromatic heterocycles. The molecule has 0 radical (unpaired) electrons. The highest BCUT2D eigenvalue weighted by Crippen LogP contribution is 2.27. The number of carbonyl (C=O) groups is 1. The van der Waals surface area contributed by atoms with Gasteiger partial charge < -0.3 is 19.5 Å². The Morgan fingerprint density at radius 2 is 2.24 bits per heavy atom. The maximum absolute atomic E-state index is 12.7. The first-order valence-corrected chi connectivity index (χ1v) is 8.57. The molecule has 0 spiro atoms. The summed E-state index contributed by atoms with van der Waals surface area (Å²) in [5.41, 5.74) is 0.958. The minimum atomic E-state index is -0.144. The number of amides is 2. The molecule has 1 N–H and O–H groups in total. The average Bonchev–Trinajstić information content (AvgIpc) is 3.08. The van der Waals surface area contributed by atoms with Crippen molar-refractivity contribution in [3.05, 3.63) is 41.5 Å². The topological polar surface area (TPSA) is 80.5 Å². The van der Waals surface area contributed by atoms with Crippen molar-refractivity contribution in [3.63, 3.8) is 0 Å². The highest BCUT2D eigenvalue weighted by molar-refractivity contribution is 5.75. The lowest BCUT2D eigenvalue weighted by Gasteiger charge is -2.32. The Bertz CT molecular complexity index is 731. The summed E-state index contributed by atoms with van der Waals surface area (Å²) >= 11 is 0. The van der Waals surface area contributed by atoms with Crippen molar-refractivity contribution in [2.45, 2.75) is 38.6 Å². The predicted octanol–water partition coefficient (Wildman–Crippen LogP) is 3.04. The molecule has 1 fully saturated rings. The number of nitrogens with one attached hydrogen (secondary N) is 1. The Morgan fingerprint density at radius 3 is 2.96 bits per heavy atom. The largest absolute Gasteiger partial charge is 0.496 e. The van der Waals surface area contributed by atoms with Crippen LogP contribution < -0.4 is 10.1 Å². The molecule has 1 aliphatic heterocycles. The molecule has 1 aromatic carbocycles. The molecule has 3 rings (SSSR count). The van der Waals surface area contributed by atoms with E-state index in [1.807, 2.05) is 36.1 Å². The van der Waals surface area contributed by atoms with Gasteiger partial charge in [0.25, 0.3) is 0 Å². The molecule has 0 aliphatic carbocycles. The molecule has 2 aromatic rings. The molecule has 25 heavy (non-hydrogen) atoms. The zero-order chi connectivity index (χ0) is 17.8. The van der Waals surface area contributed by atoms with Gasteiger partial charge in [-0.05, 0) is 32.8 Å². The van der Waals surface area contributed by atoms with Gasteiger partial charge in [-0.2, -0.15) is 4.98 Å². The molecule has 1 aliphatic rings. The Kier molecular flexibility index (Phi) is 5.21. The molecule has 0 saturated carbocycles. The number of aryl methyl sites for hydroxylation is 1. The fourth-order valence-electron chi connectivity index (χ4n) is 3.22. The average molecular weight is 344 g/mol. The van der Waals surface area contributed by atoms with Gasteiger partial charge in [0.2, 0.25) is 5.89 Å². The van der Waals surface area contributed by atoms with E-state index in [0.717, 1.165) is 30.7 Å². The van der Waals surface area contributed by atoms with Crippen LogP contribution in [0.5, 0.6) is 5.75 Å². The summed E-state index contributed by atoms with van der Waals surface area (Å²) in [4.78, 5) is 18.8. The maximum Gasteiger partial charge on any atom is 0.317 e. The number of aromatic nitrogens is 2. The quantitative estimate of drug-likeness (QED) is 0.922. The molecule has 7 heteroatoms. The number of ether oxygens (including phenoxy) is 1. The van der Waals surface area contributed by atoms with Crippen LogP contribution in [0.1, 0.15) is 49.0 Å². The van der Waals surface area contributed by atoms with Crippen molar-refractivity contribution in [1.29, 1.82) is 0 Å². The molecular formula is C18H24N4O3. The van der Waals surface area contributed by atoms with Crippen molar-refractivity contribution in [1.82, 2.24) is 20.4 Å². The van der Waals surface area contributed by atoms with Crippen LogP contribution in [0.3, 0.4) is 0 Å². The number of para-hydroxylation sites is 1. The first-order chi connectivity index (χ1) is 12.1. The summed E-state index contributed by atoms with van der Waals surface area (Å²) in [6, 6.07) is 7.49. The molecule has 134 valence electrons. The van der Waals surface area contributed by atoms with Gasteiger partial charge in [0, 0.05) is 18.7 Å². The first-order valence-electron chi connectivity index (χ1n) is 8.57. The highest BCUT2D eigenvalue weighted by Gasteiger charge is 2.29. The lowest BCUT2D eigenvalue weighted by Crippen LogP contribution is -2.45. The fraction of sp³-hybridized carbons (Fsp3) is 0.500. The van der Waals surface area contributed by atoms with Crippen LogP contribution in [-0.4, -0.2) is 41.3 Å². The number of urea groups is 1. The third kappa shape index (κ3) is 3.92. The van der Waals surface area contributed by atoms with Gasteiger partial charge in [-0.15, -0.1) is 0 Å². The van der Waals surface area contributed by atoms with Gasteiger partial charge in [-0.3, -0.25) is 0 Å². The van der Waals surface area contributed by atoms with Crippen LogP contribution >= 0.6 is 0 Å². The Labute approximate surface area is 147 Å². The summed E-state index contributed by atoms with van der Waals surface area (Å²) in [5.74, 6) is 2.12. The number of carbonyl (C=O) groups excluding carboxylic acids is 1. The smallest absolute Gasteiger partial charge is 0.317 e. The van der Waals surface area contributed by atoms with Gasteiger partial charge >= 0.3 is 6.03 Å². The summed E-state index contributed by atoms with van der Waals surface area (Å²) < 4.78 is 10.7. The van der Waals surface area contributed by atoms with Crippen molar-refractivity contribution >= 4 is 6.03 Å². The number of likely N-dealkylation sites (tertiary alicyclic amines) is 1. The Balaban J connectivity index is 1.64. The van der Waals surface area contributed by atoms with Gasteiger partial charge in [-0.1, -0.05) is 23.4 Å². The minimum absolute atomic E-state index is 0.0839. The molecule has 2 amide bonds. The molecule has 0 bridgehead atoms. The van der Waals surface area contributed by atoms with Crippen molar-refractivity contribution in [3.8, 4) is 5.75 Å². The van der Waals surface area contributed by atoms with E-state index >= 15 is 0 Å². The Morgan fingerprint density at radius 1 is 1.44 bits per heavy atom. The second kappa shape index (κ2) is 7.55. The van der Waals surface area contributed by atoms with Crippen LogP contribution in [-0.2, 0) is 0 Å². The van der Waals surface area contributed by atoms with E-state index in [4.69, 9.17) is 9.26 Å². The summed E-state index contributed by atoms with van der Waals surface area (Å²) in [6.07, 6.45) is 1.87. The molecule has 0 unspecified atom stereocenters. The van der Waals surface area contributed by atoms with Crippen molar-refractivity contribution in [2.75, 3.05) is 20.2 Å². The lowest BCUT2D eigenvalue weighted by molar-refractivity contribution is 0.169. The summed E-state index contributed by atoms with van der Waals surface area (Å²) in [7, 11) is 1.63. The van der Waals surface area contributed by atoms with Gasteiger partial charge in [0.05, 0.1) is 19.1 Å². The highest BCUT2D eigenvalue weighted by atomic mass is 16.5. The number of hydrogen-bond donors (Lipinski definition) is 1. The monoisotopic (exact) mass is 344 g/mol. The van der Waals surface area contributed by atoms with E-state index in [9.17, 15) is 4.79 Å². The van der Waals surface area contributed by atoms with E-state index in [1.165, 1.54) is 0 Å². The van der Waals surface area contributed by atoms with E-state index in [2.05, 4.69) is 15.5 Å². The number of piperidine rings is 1. The molecule has 2 heterocycles. The van der Waals surface area contributed by atoms with E-state index < -0.39 is 0 Å². The second-order valence-corrected chi connectivity index (χ2v) is 6.38. The van der Waals surface area contributed by atoms with Crippen LogP contribution in [0.4, 0.5) is 4.79 Å².